The summed E-state index contributed by atoms with van der Waals surface area (Å²) in [6.45, 7) is 1.62. The topological polar surface area (TPSA) is 88.7 Å². The van der Waals surface area contributed by atoms with Gasteiger partial charge in [-0.15, -0.1) is 5.10 Å². The number of nitrogens with zero attached hydrogens (tertiary/aromatic N) is 3. The minimum atomic E-state index is -0.708. The third-order valence-corrected chi connectivity index (χ3v) is 3.52. The van der Waals surface area contributed by atoms with Crippen LogP contribution in [0.15, 0.2) is 58.7 Å². The lowest BCUT2D eigenvalue weighted by molar-refractivity contribution is -0.0366. The second-order valence-electron chi connectivity index (χ2n) is 4.99. The van der Waals surface area contributed by atoms with Crippen LogP contribution in [0, 0.1) is 0 Å². The average Bonchev–Trinajstić information content (AvgIpc) is 2.51. The van der Waals surface area contributed by atoms with Crippen molar-refractivity contribution in [3.05, 3.63) is 59.7 Å². The quantitative estimate of drug-likeness (QED) is 0.795. The Morgan fingerprint density at radius 2 is 1.73 bits per heavy atom. The maximum Gasteiger partial charge on any atom is 0.149 e. The van der Waals surface area contributed by atoms with E-state index in [4.69, 9.17) is 0 Å². The molecule has 3 N–H and O–H groups in total. The summed E-state index contributed by atoms with van der Waals surface area (Å²) >= 11 is 0. The van der Waals surface area contributed by atoms with Crippen molar-refractivity contribution in [3.63, 3.8) is 0 Å². The van der Waals surface area contributed by atoms with Crippen LogP contribution in [0.1, 0.15) is 24.1 Å². The molecule has 1 heterocycles. The molecule has 0 unspecified atom stereocenters. The average molecular weight is 297 g/mol. The number of aromatic hydroxyl groups is 2. The van der Waals surface area contributed by atoms with E-state index in [-0.39, 0.29) is 11.5 Å². The molecule has 6 heteroatoms. The summed E-state index contributed by atoms with van der Waals surface area (Å²) in [6.07, 6.45) is 0. The number of rotatable bonds is 2. The van der Waals surface area contributed by atoms with E-state index in [1.807, 2.05) is 30.3 Å². The Morgan fingerprint density at radius 1 is 1.00 bits per heavy atom. The number of benzene rings is 2. The van der Waals surface area contributed by atoms with E-state index in [0.717, 1.165) is 10.6 Å². The van der Waals surface area contributed by atoms with Crippen molar-refractivity contribution in [1.29, 1.82) is 0 Å². The van der Waals surface area contributed by atoms with Gasteiger partial charge in [0.25, 0.3) is 0 Å². The first-order chi connectivity index (χ1) is 10.6. The highest BCUT2D eigenvalue weighted by atomic mass is 16.5. The van der Waals surface area contributed by atoms with Crippen LogP contribution in [0.5, 0.6) is 11.5 Å². The third-order valence-electron chi connectivity index (χ3n) is 3.52. The largest absolute Gasteiger partial charge is 0.508 e. The van der Waals surface area contributed by atoms with E-state index in [1.165, 1.54) is 12.1 Å². The summed E-state index contributed by atoms with van der Waals surface area (Å²) < 4.78 is 0. The normalized spacial score (nSPS) is 17.9. The molecule has 0 radical (unpaired) electrons. The monoisotopic (exact) mass is 297 g/mol. The van der Waals surface area contributed by atoms with E-state index < -0.39 is 6.04 Å². The molecule has 112 valence electrons. The lowest BCUT2D eigenvalue weighted by Gasteiger charge is -2.31. The van der Waals surface area contributed by atoms with Crippen LogP contribution in [-0.2, 0) is 0 Å². The number of phenols is 2. The van der Waals surface area contributed by atoms with Gasteiger partial charge in [0, 0.05) is 17.2 Å². The van der Waals surface area contributed by atoms with Gasteiger partial charge in [0.15, 0.2) is 0 Å². The first-order valence-electron chi connectivity index (χ1n) is 6.75. The van der Waals surface area contributed by atoms with Gasteiger partial charge < -0.3 is 10.2 Å². The third kappa shape index (κ3) is 2.40. The van der Waals surface area contributed by atoms with Crippen molar-refractivity contribution in [2.24, 2.45) is 10.2 Å². The molecule has 0 aliphatic carbocycles. The van der Waals surface area contributed by atoms with Gasteiger partial charge in [-0.25, -0.2) is 5.06 Å². The first-order valence-corrected chi connectivity index (χ1v) is 6.75. The standard InChI is InChI=1S/C16H15N3O3/c1-10-17-18-15(11-5-3-2-4-6-11)16(19(10)22)13-8-7-12(20)9-14(13)21/h2-9,16,20-22H,1H3/t16-/m0/s1. The fraction of sp³-hybridized carbons (Fsp3) is 0.125. The Bertz CT molecular complexity index is 756. The molecule has 0 amide bonds. The maximum absolute atomic E-state index is 10.4. The van der Waals surface area contributed by atoms with Crippen molar-refractivity contribution in [2.45, 2.75) is 13.0 Å². The molecule has 0 fully saturated rings. The first kappa shape index (κ1) is 14.1. The Morgan fingerprint density at radius 3 is 2.41 bits per heavy atom. The molecule has 0 bridgehead atoms. The highest BCUT2D eigenvalue weighted by molar-refractivity contribution is 6.08. The van der Waals surface area contributed by atoms with E-state index in [2.05, 4.69) is 10.2 Å². The molecule has 1 aliphatic rings. The second kappa shape index (κ2) is 5.50. The molecule has 22 heavy (non-hydrogen) atoms. The zero-order chi connectivity index (χ0) is 15.7. The van der Waals surface area contributed by atoms with Crippen LogP contribution in [0.25, 0.3) is 0 Å². The smallest absolute Gasteiger partial charge is 0.149 e. The van der Waals surface area contributed by atoms with E-state index in [1.54, 1.807) is 13.0 Å². The van der Waals surface area contributed by atoms with Crippen molar-refractivity contribution < 1.29 is 15.4 Å². The van der Waals surface area contributed by atoms with Crippen LogP contribution in [0.2, 0.25) is 0 Å². The fourth-order valence-electron chi connectivity index (χ4n) is 2.40. The molecular formula is C16H15N3O3. The minimum Gasteiger partial charge on any atom is -0.508 e. The SMILES string of the molecule is CC1=NN=C(c2ccccc2)[C@H](c2ccc(O)cc2O)N1O. The zero-order valence-corrected chi connectivity index (χ0v) is 11.9. The Balaban J connectivity index is 2.14. The number of hydroxylamine groups is 2. The Labute approximate surface area is 127 Å². The second-order valence-corrected chi connectivity index (χ2v) is 4.99. The van der Waals surface area contributed by atoms with Gasteiger partial charge in [0.2, 0.25) is 0 Å². The van der Waals surface area contributed by atoms with Crippen molar-refractivity contribution in [2.75, 3.05) is 0 Å². The van der Waals surface area contributed by atoms with Crippen LogP contribution in [0.4, 0.5) is 0 Å². The van der Waals surface area contributed by atoms with Gasteiger partial charge in [0.1, 0.15) is 29.1 Å². The summed E-state index contributed by atoms with van der Waals surface area (Å²) in [5, 5.41) is 39.0. The van der Waals surface area contributed by atoms with E-state index >= 15 is 0 Å². The van der Waals surface area contributed by atoms with Gasteiger partial charge in [0.05, 0.1) is 0 Å². The molecule has 1 atom stereocenters. The summed E-state index contributed by atoms with van der Waals surface area (Å²) in [6, 6.07) is 12.8. The van der Waals surface area contributed by atoms with Crippen LogP contribution < -0.4 is 0 Å². The van der Waals surface area contributed by atoms with Crippen molar-refractivity contribution >= 4 is 11.5 Å². The molecule has 0 saturated carbocycles. The summed E-state index contributed by atoms with van der Waals surface area (Å²) in [5.74, 6) is 0.143. The molecular weight excluding hydrogens is 282 g/mol. The summed E-state index contributed by atoms with van der Waals surface area (Å²) in [5.41, 5.74) is 1.72. The van der Waals surface area contributed by atoms with Gasteiger partial charge >= 0.3 is 0 Å². The van der Waals surface area contributed by atoms with Gasteiger partial charge in [-0.1, -0.05) is 30.3 Å². The molecule has 3 rings (SSSR count). The minimum absolute atomic E-state index is 0.0508. The lowest BCUT2D eigenvalue weighted by Crippen LogP contribution is -2.38. The summed E-state index contributed by atoms with van der Waals surface area (Å²) in [4.78, 5) is 0. The van der Waals surface area contributed by atoms with Crippen LogP contribution >= 0.6 is 0 Å². The zero-order valence-electron chi connectivity index (χ0n) is 11.9. The predicted molar refractivity (Wildman–Crippen MR) is 82.2 cm³/mol. The van der Waals surface area contributed by atoms with Gasteiger partial charge in [-0.2, -0.15) is 5.10 Å². The van der Waals surface area contributed by atoms with Gasteiger partial charge in [-0.05, 0) is 19.1 Å². The lowest BCUT2D eigenvalue weighted by atomic mass is 9.95. The summed E-state index contributed by atoms with van der Waals surface area (Å²) in [7, 11) is 0. The van der Waals surface area contributed by atoms with Crippen LogP contribution in [0.3, 0.4) is 0 Å². The van der Waals surface area contributed by atoms with Crippen molar-refractivity contribution in [1.82, 2.24) is 5.06 Å². The van der Waals surface area contributed by atoms with Crippen molar-refractivity contribution in [3.8, 4) is 11.5 Å². The predicted octanol–water partition coefficient (Wildman–Crippen LogP) is 2.67. The molecule has 0 saturated heterocycles. The Hall–Kier alpha value is -2.86. The number of phenolic OH excluding ortho intramolecular Hbond substituents is 2. The molecule has 1 aliphatic heterocycles. The van der Waals surface area contributed by atoms with E-state index in [0.29, 0.717) is 17.1 Å². The Kier molecular flexibility index (Phi) is 3.52. The highest BCUT2D eigenvalue weighted by Gasteiger charge is 2.32. The highest BCUT2D eigenvalue weighted by Crippen LogP contribution is 2.35. The van der Waals surface area contributed by atoms with Crippen LogP contribution in [-0.4, -0.2) is 32.0 Å². The molecule has 6 nitrogen and oxygen atoms in total. The maximum atomic E-state index is 10.4. The van der Waals surface area contributed by atoms with E-state index in [9.17, 15) is 15.4 Å². The fourth-order valence-corrected chi connectivity index (χ4v) is 2.40. The number of hydrogen-bond donors (Lipinski definition) is 3. The molecule has 2 aromatic carbocycles. The number of amidine groups is 1. The van der Waals surface area contributed by atoms with Gasteiger partial charge in [-0.3, -0.25) is 5.21 Å². The number of hydrogen-bond acceptors (Lipinski definition) is 6. The molecule has 0 aromatic heterocycles. The molecule has 0 spiro atoms. The molecule has 2 aromatic rings.